The molecule has 100 valence electrons. The SMILES string of the molecule is NCCc1cccc(-c2ccc(C(F)(F)F)cc2)c1. The van der Waals surface area contributed by atoms with Gasteiger partial charge in [-0.1, -0.05) is 36.4 Å². The van der Waals surface area contributed by atoms with Crippen LogP contribution in [0.5, 0.6) is 0 Å². The van der Waals surface area contributed by atoms with Gasteiger partial charge in [-0.3, -0.25) is 0 Å². The van der Waals surface area contributed by atoms with Crippen molar-refractivity contribution in [3.05, 3.63) is 59.7 Å². The van der Waals surface area contributed by atoms with E-state index in [1.807, 2.05) is 24.3 Å². The number of halogens is 3. The maximum absolute atomic E-state index is 12.5. The van der Waals surface area contributed by atoms with Crippen molar-refractivity contribution in [2.24, 2.45) is 5.73 Å². The Morgan fingerprint density at radius 3 is 2.16 bits per heavy atom. The van der Waals surface area contributed by atoms with Crippen molar-refractivity contribution in [2.75, 3.05) is 6.54 Å². The highest BCUT2D eigenvalue weighted by Gasteiger charge is 2.29. The van der Waals surface area contributed by atoms with E-state index in [9.17, 15) is 13.2 Å². The van der Waals surface area contributed by atoms with Gasteiger partial charge in [-0.2, -0.15) is 13.2 Å². The summed E-state index contributed by atoms with van der Waals surface area (Å²) in [5.74, 6) is 0. The van der Waals surface area contributed by atoms with Crippen LogP contribution in [0.3, 0.4) is 0 Å². The minimum absolute atomic E-state index is 0.552. The smallest absolute Gasteiger partial charge is 0.330 e. The minimum Gasteiger partial charge on any atom is -0.330 e. The van der Waals surface area contributed by atoms with Crippen molar-refractivity contribution >= 4 is 0 Å². The normalized spacial score (nSPS) is 11.6. The van der Waals surface area contributed by atoms with Crippen LogP contribution < -0.4 is 5.73 Å². The van der Waals surface area contributed by atoms with Gasteiger partial charge in [0, 0.05) is 0 Å². The Bertz CT molecular complexity index is 544. The fourth-order valence-electron chi connectivity index (χ4n) is 1.92. The molecule has 0 fully saturated rings. The Balaban J connectivity index is 2.29. The molecule has 2 N–H and O–H groups in total. The monoisotopic (exact) mass is 265 g/mol. The van der Waals surface area contributed by atoms with Crippen molar-refractivity contribution in [1.29, 1.82) is 0 Å². The summed E-state index contributed by atoms with van der Waals surface area (Å²) in [6.45, 7) is 0.552. The van der Waals surface area contributed by atoms with Gasteiger partial charge in [0.1, 0.15) is 0 Å². The van der Waals surface area contributed by atoms with Crippen LogP contribution in [0.25, 0.3) is 11.1 Å². The maximum atomic E-state index is 12.5. The van der Waals surface area contributed by atoms with E-state index in [0.717, 1.165) is 35.2 Å². The third-order valence-electron chi connectivity index (χ3n) is 2.91. The Labute approximate surface area is 109 Å². The molecule has 2 rings (SSSR count). The second-order valence-electron chi connectivity index (χ2n) is 4.31. The summed E-state index contributed by atoms with van der Waals surface area (Å²) in [5, 5.41) is 0. The Morgan fingerprint density at radius 2 is 1.58 bits per heavy atom. The lowest BCUT2D eigenvalue weighted by molar-refractivity contribution is -0.137. The van der Waals surface area contributed by atoms with E-state index in [1.165, 1.54) is 12.1 Å². The van der Waals surface area contributed by atoms with Gasteiger partial charge in [0.15, 0.2) is 0 Å². The van der Waals surface area contributed by atoms with Crippen LogP contribution in [-0.2, 0) is 12.6 Å². The molecule has 0 aromatic heterocycles. The van der Waals surface area contributed by atoms with Crippen molar-refractivity contribution in [1.82, 2.24) is 0 Å². The predicted molar refractivity (Wildman–Crippen MR) is 69.6 cm³/mol. The summed E-state index contributed by atoms with van der Waals surface area (Å²) < 4.78 is 37.4. The predicted octanol–water partition coefficient (Wildman–Crippen LogP) is 3.87. The molecule has 0 saturated carbocycles. The zero-order chi connectivity index (χ0) is 13.9. The molecule has 19 heavy (non-hydrogen) atoms. The quantitative estimate of drug-likeness (QED) is 0.895. The number of hydrogen-bond acceptors (Lipinski definition) is 1. The van der Waals surface area contributed by atoms with Crippen molar-refractivity contribution in [3.63, 3.8) is 0 Å². The first-order chi connectivity index (χ1) is 9.00. The lowest BCUT2D eigenvalue weighted by Crippen LogP contribution is -2.04. The van der Waals surface area contributed by atoms with Crippen LogP contribution in [0.1, 0.15) is 11.1 Å². The molecule has 4 heteroatoms. The second-order valence-corrected chi connectivity index (χ2v) is 4.31. The van der Waals surface area contributed by atoms with Gasteiger partial charge >= 0.3 is 6.18 Å². The number of benzene rings is 2. The fourth-order valence-corrected chi connectivity index (χ4v) is 1.92. The standard InChI is InChI=1S/C15H14F3N/c16-15(17,18)14-6-4-12(5-7-14)13-3-1-2-11(10-13)8-9-19/h1-7,10H,8-9,19H2. The molecule has 0 heterocycles. The minimum atomic E-state index is -4.29. The maximum Gasteiger partial charge on any atom is 0.416 e. The summed E-state index contributed by atoms with van der Waals surface area (Å²) in [5.41, 5.74) is 7.62. The van der Waals surface area contributed by atoms with Crippen LogP contribution in [0.2, 0.25) is 0 Å². The number of nitrogens with two attached hydrogens (primary N) is 1. The Morgan fingerprint density at radius 1 is 0.895 bits per heavy atom. The molecule has 0 radical (unpaired) electrons. The molecule has 2 aromatic carbocycles. The van der Waals surface area contributed by atoms with Crippen LogP contribution >= 0.6 is 0 Å². The molecular formula is C15H14F3N. The van der Waals surface area contributed by atoms with E-state index >= 15 is 0 Å². The van der Waals surface area contributed by atoms with Crippen LogP contribution in [0.15, 0.2) is 48.5 Å². The van der Waals surface area contributed by atoms with Crippen molar-refractivity contribution < 1.29 is 13.2 Å². The van der Waals surface area contributed by atoms with Crippen molar-refractivity contribution in [2.45, 2.75) is 12.6 Å². The largest absolute Gasteiger partial charge is 0.416 e. The highest BCUT2D eigenvalue weighted by molar-refractivity contribution is 5.64. The molecule has 0 spiro atoms. The number of hydrogen-bond donors (Lipinski definition) is 1. The zero-order valence-corrected chi connectivity index (χ0v) is 10.2. The van der Waals surface area contributed by atoms with Crippen LogP contribution in [0.4, 0.5) is 13.2 Å². The topological polar surface area (TPSA) is 26.0 Å². The Hall–Kier alpha value is -1.81. The molecular weight excluding hydrogens is 251 g/mol. The lowest BCUT2D eigenvalue weighted by atomic mass is 10.0. The first-order valence-corrected chi connectivity index (χ1v) is 5.97. The zero-order valence-electron chi connectivity index (χ0n) is 10.2. The summed E-state index contributed by atoms with van der Waals surface area (Å²) in [4.78, 5) is 0. The third kappa shape index (κ3) is 3.35. The van der Waals surface area contributed by atoms with Gasteiger partial charge in [0.2, 0.25) is 0 Å². The van der Waals surface area contributed by atoms with Gasteiger partial charge in [-0.15, -0.1) is 0 Å². The highest BCUT2D eigenvalue weighted by atomic mass is 19.4. The van der Waals surface area contributed by atoms with Gasteiger partial charge < -0.3 is 5.73 Å². The van der Waals surface area contributed by atoms with Crippen molar-refractivity contribution in [3.8, 4) is 11.1 Å². The summed E-state index contributed by atoms with van der Waals surface area (Å²) in [6.07, 6.45) is -3.53. The Kier molecular flexibility index (Phi) is 3.90. The van der Waals surface area contributed by atoms with E-state index in [2.05, 4.69) is 0 Å². The molecule has 0 aliphatic heterocycles. The average molecular weight is 265 g/mol. The number of alkyl halides is 3. The van der Waals surface area contributed by atoms with Gasteiger partial charge in [-0.05, 0) is 41.8 Å². The third-order valence-corrected chi connectivity index (χ3v) is 2.91. The number of rotatable bonds is 3. The van der Waals surface area contributed by atoms with E-state index in [0.29, 0.717) is 6.54 Å². The van der Waals surface area contributed by atoms with Crippen LogP contribution in [-0.4, -0.2) is 6.54 Å². The second kappa shape index (κ2) is 5.45. The molecule has 0 amide bonds. The highest BCUT2D eigenvalue weighted by Crippen LogP contribution is 2.31. The lowest BCUT2D eigenvalue weighted by Gasteiger charge is -2.08. The van der Waals surface area contributed by atoms with Gasteiger partial charge in [0.05, 0.1) is 5.56 Å². The van der Waals surface area contributed by atoms with E-state index in [4.69, 9.17) is 5.73 Å². The molecule has 0 aliphatic rings. The fraction of sp³-hybridized carbons (Fsp3) is 0.200. The molecule has 0 unspecified atom stereocenters. The molecule has 0 bridgehead atoms. The van der Waals surface area contributed by atoms with Gasteiger partial charge in [0.25, 0.3) is 0 Å². The van der Waals surface area contributed by atoms with E-state index in [-0.39, 0.29) is 0 Å². The molecule has 0 saturated heterocycles. The summed E-state index contributed by atoms with van der Waals surface area (Å²) >= 11 is 0. The van der Waals surface area contributed by atoms with E-state index in [1.54, 1.807) is 0 Å². The molecule has 2 aromatic rings. The molecule has 1 nitrogen and oxygen atoms in total. The summed E-state index contributed by atoms with van der Waals surface area (Å²) in [6, 6.07) is 12.9. The summed E-state index contributed by atoms with van der Waals surface area (Å²) in [7, 11) is 0. The first kappa shape index (κ1) is 13.6. The molecule has 0 atom stereocenters. The van der Waals surface area contributed by atoms with Gasteiger partial charge in [-0.25, -0.2) is 0 Å². The average Bonchev–Trinajstić information content (AvgIpc) is 2.39. The molecule has 0 aliphatic carbocycles. The first-order valence-electron chi connectivity index (χ1n) is 5.97. The van der Waals surface area contributed by atoms with Crippen LogP contribution in [0, 0.1) is 0 Å². The van der Waals surface area contributed by atoms with E-state index < -0.39 is 11.7 Å².